The number of rotatable bonds is 8. The van der Waals surface area contributed by atoms with E-state index in [-0.39, 0.29) is 11.3 Å². The Morgan fingerprint density at radius 3 is 2.17 bits per heavy atom. The van der Waals surface area contributed by atoms with Crippen LogP contribution in [0.15, 0.2) is 66.7 Å². The number of aliphatic hydroxyl groups excluding tert-OH is 1. The molecule has 2 N–H and O–H groups in total. The minimum absolute atomic E-state index is 0.141. The first kappa shape index (κ1) is 26.5. The largest absolute Gasteiger partial charge is 0.457 e. The van der Waals surface area contributed by atoms with Gasteiger partial charge in [0.2, 0.25) is 0 Å². The third-order valence-corrected chi connectivity index (χ3v) is 5.26. The summed E-state index contributed by atoms with van der Waals surface area (Å²) in [4.78, 5) is 0. The van der Waals surface area contributed by atoms with Crippen molar-refractivity contribution in [1.29, 1.82) is 0 Å². The fourth-order valence-corrected chi connectivity index (χ4v) is 3.42. The maximum atomic E-state index is 14.7. The zero-order chi connectivity index (χ0) is 25.8. The average Bonchev–Trinajstić information content (AvgIpc) is 2.79. The zero-order valence-corrected chi connectivity index (χ0v) is 18.4. The van der Waals surface area contributed by atoms with Gasteiger partial charge in [0.05, 0.1) is 11.6 Å². The summed E-state index contributed by atoms with van der Waals surface area (Å²) in [6.07, 6.45) is -11.8. The Bertz CT molecular complexity index is 1150. The van der Waals surface area contributed by atoms with Crippen molar-refractivity contribution in [3.05, 3.63) is 94.8 Å². The van der Waals surface area contributed by atoms with E-state index >= 15 is 0 Å². The molecule has 0 aliphatic carbocycles. The number of hydrogen-bond acceptors (Lipinski definition) is 3. The molecule has 0 heterocycles. The van der Waals surface area contributed by atoms with Crippen LogP contribution in [0.1, 0.15) is 35.2 Å². The fraction of sp³-hybridized carbons (Fsp3) is 0.280. The molecule has 0 aliphatic heterocycles. The lowest BCUT2D eigenvalue weighted by molar-refractivity contribution is -0.202. The van der Waals surface area contributed by atoms with E-state index in [0.29, 0.717) is 23.9 Å². The first-order valence-electron chi connectivity index (χ1n) is 10.6. The van der Waals surface area contributed by atoms with Gasteiger partial charge in [-0.05, 0) is 60.0 Å². The van der Waals surface area contributed by atoms with Gasteiger partial charge in [-0.3, -0.25) is 0 Å². The Labute approximate surface area is 197 Å². The molecule has 2 atom stereocenters. The van der Waals surface area contributed by atoms with E-state index in [1.165, 1.54) is 18.2 Å². The summed E-state index contributed by atoms with van der Waals surface area (Å²) in [5.41, 5.74) is -0.563. The van der Waals surface area contributed by atoms with Crippen molar-refractivity contribution in [1.82, 2.24) is 5.32 Å². The summed E-state index contributed by atoms with van der Waals surface area (Å²) in [7, 11) is 0. The van der Waals surface area contributed by atoms with Crippen molar-refractivity contribution in [2.75, 3.05) is 6.54 Å². The van der Waals surface area contributed by atoms with Crippen LogP contribution in [0.3, 0.4) is 0 Å². The van der Waals surface area contributed by atoms with Gasteiger partial charge in [-0.25, -0.2) is 4.39 Å². The van der Waals surface area contributed by atoms with Crippen LogP contribution in [0.4, 0.5) is 30.7 Å². The number of halogens is 7. The molecule has 3 aromatic rings. The van der Waals surface area contributed by atoms with Gasteiger partial charge >= 0.3 is 12.4 Å². The molecule has 0 amide bonds. The van der Waals surface area contributed by atoms with Crippen molar-refractivity contribution in [3.63, 3.8) is 0 Å². The molecule has 0 radical (unpaired) electrons. The van der Waals surface area contributed by atoms with Gasteiger partial charge in [0.25, 0.3) is 0 Å². The molecule has 0 aliphatic rings. The van der Waals surface area contributed by atoms with E-state index in [2.05, 4.69) is 5.32 Å². The lowest BCUT2D eigenvalue weighted by Gasteiger charge is -2.24. The Balaban J connectivity index is 2.00. The number of alkyl halides is 6. The van der Waals surface area contributed by atoms with Crippen LogP contribution < -0.4 is 10.1 Å². The number of aliphatic hydroxyl groups is 1. The molecule has 3 nitrogen and oxygen atoms in total. The topological polar surface area (TPSA) is 41.5 Å². The second kappa shape index (κ2) is 10.7. The molecule has 10 heteroatoms. The number of aryl methyl sites for hydroxylation is 1. The third kappa shape index (κ3) is 6.95. The summed E-state index contributed by atoms with van der Waals surface area (Å²) < 4.78 is 98.7. The summed E-state index contributed by atoms with van der Waals surface area (Å²) in [6, 6.07) is 13.2. The predicted octanol–water partition coefficient (Wildman–Crippen LogP) is 6.80. The van der Waals surface area contributed by atoms with Gasteiger partial charge < -0.3 is 15.2 Å². The molecule has 0 spiro atoms. The predicted molar refractivity (Wildman–Crippen MR) is 116 cm³/mol. The van der Waals surface area contributed by atoms with E-state index in [1.807, 2.05) is 13.0 Å². The molecule has 35 heavy (non-hydrogen) atoms. The van der Waals surface area contributed by atoms with Crippen molar-refractivity contribution < 1.29 is 40.6 Å². The molecule has 0 aromatic heterocycles. The molecule has 0 saturated heterocycles. The molecular weight excluding hydrogens is 479 g/mol. The molecule has 0 fully saturated rings. The van der Waals surface area contributed by atoms with Crippen LogP contribution in [0, 0.1) is 5.82 Å². The second-order valence-electron chi connectivity index (χ2n) is 7.81. The van der Waals surface area contributed by atoms with Crippen LogP contribution >= 0.6 is 0 Å². The number of benzene rings is 3. The fourth-order valence-electron chi connectivity index (χ4n) is 3.42. The van der Waals surface area contributed by atoms with Crippen molar-refractivity contribution in [2.24, 2.45) is 0 Å². The third-order valence-electron chi connectivity index (χ3n) is 5.26. The van der Waals surface area contributed by atoms with Crippen LogP contribution in [0.5, 0.6) is 11.5 Å². The lowest BCUT2D eigenvalue weighted by Crippen LogP contribution is -2.40. The molecular formula is C25H22F7NO2. The van der Waals surface area contributed by atoms with Crippen molar-refractivity contribution in [3.8, 4) is 11.5 Å². The van der Waals surface area contributed by atoms with Crippen molar-refractivity contribution in [2.45, 2.75) is 37.8 Å². The highest BCUT2D eigenvalue weighted by Crippen LogP contribution is 2.35. The second-order valence-corrected chi connectivity index (χ2v) is 7.81. The first-order chi connectivity index (χ1) is 16.4. The van der Waals surface area contributed by atoms with Crippen LogP contribution in [0.2, 0.25) is 0 Å². The summed E-state index contributed by atoms with van der Waals surface area (Å²) in [5, 5.41) is 11.7. The van der Waals surface area contributed by atoms with Gasteiger partial charge in [0.15, 0.2) is 6.10 Å². The van der Waals surface area contributed by atoms with Gasteiger partial charge in [-0.2, -0.15) is 26.3 Å². The molecule has 3 aromatic carbocycles. The lowest BCUT2D eigenvalue weighted by atomic mass is 9.95. The molecule has 3 rings (SSSR count). The highest BCUT2D eigenvalue weighted by atomic mass is 19.4. The monoisotopic (exact) mass is 501 g/mol. The molecule has 2 unspecified atom stereocenters. The van der Waals surface area contributed by atoms with E-state index in [4.69, 9.17) is 4.74 Å². The normalized spacial score (nSPS) is 14.0. The Hall–Kier alpha value is -3.11. The Morgan fingerprint density at radius 2 is 1.54 bits per heavy atom. The van der Waals surface area contributed by atoms with E-state index < -0.39 is 48.0 Å². The molecule has 0 bridgehead atoms. The van der Waals surface area contributed by atoms with Gasteiger partial charge in [0.1, 0.15) is 17.3 Å². The highest BCUT2D eigenvalue weighted by Gasteiger charge is 2.39. The standard InChI is InChI=1S/C25H22F7NO2/c1-2-15-5-3-7-18(11-15)35-19-8-4-6-16(12-19)23(33-14-22(34)25(30,31)32)20-13-17(24(27,28)29)9-10-21(20)26/h3-13,22-23,33-34H,2,14H2,1H3. The van der Waals surface area contributed by atoms with Gasteiger partial charge in [-0.15, -0.1) is 0 Å². The maximum Gasteiger partial charge on any atom is 0.416 e. The van der Waals surface area contributed by atoms with Crippen LogP contribution in [0.25, 0.3) is 0 Å². The van der Waals surface area contributed by atoms with Crippen molar-refractivity contribution >= 4 is 0 Å². The number of hydrogen-bond donors (Lipinski definition) is 2. The summed E-state index contributed by atoms with van der Waals surface area (Å²) in [6.45, 7) is 0.877. The van der Waals surface area contributed by atoms with E-state index in [0.717, 1.165) is 12.0 Å². The Kier molecular flexibility index (Phi) is 8.07. The van der Waals surface area contributed by atoms with Crippen LogP contribution in [-0.4, -0.2) is 23.9 Å². The summed E-state index contributed by atoms with van der Waals surface area (Å²) in [5.74, 6) is -0.339. The SMILES string of the molecule is CCc1cccc(Oc2cccc(C(NCC(O)C(F)(F)F)c3cc(C(F)(F)F)ccc3F)c2)c1. The highest BCUT2D eigenvalue weighted by molar-refractivity contribution is 5.41. The summed E-state index contributed by atoms with van der Waals surface area (Å²) >= 11 is 0. The Morgan fingerprint density at radius 1 is 0.886 bits per heavy atom. The zero-order valence-electron chi connectivity index (χ0n) is 18.4. The van der Waals surface area contributed by atoms with Gasteiger partial charge in [0, 0.05) is 12.1 Å². The van der Waals surface area contributed by atoms with Crippen LogP contribution in [-0.2, 0) is 12.6 Å². The number of ether oxygens (including phenoxy) is 1. The van der Waals surface area contributed by atoms with Gasteiger partial charge in [-0.1, -0.05) is 31.2 Å². The molecule has 0 saturated carbocycles. The first-order valence-corrected chi connectivity index (χ1v) is 10.6. The maximum absolute atomic E-state index is 14.7. The smallest absolute Gasteiger partial charge is 0.416 e. The minimum atomic E-state index is -4.97. The van der Waals surface area contributed by atoms with E-state index in [1.54, 1.807) is 24.3 Å². The quantitative estimate of drug-likeness (QED) is 0.334. The minimum Gasteiger partial charge on any atom is -0.457 e. The number of nitrogens with one attached hydrogen (secondary N) is 1. The molecule has 188 valence electrons. The average molecular weight is 501 g/mol. The van der Waals surface area contributed by atoms with E-state index in [9.17, 15) is 35.8 Å².